The summed E-state index contributed by atoms with van der Waals surface area (Å²) in [5, 5.41) is 13.9. The number of aliphatic hydroxyl groups is 1. The highest BCUT2D eigenvalue weighted by Gasteiger charge is 2.35. The maximum Gasteiger partial charge on any atom is 0.416 e. The fraction of sp³-hybridized carbons (Fsp3) is 0.308. The van der Waals surface area contributed by atoms with Crippen LogP contribution in [-0.2, 0) is 19.6 Å². The van der Waals surface area contributed by atoms with Gasteiger partial charge in [0.2, 0.25) is 0 Å². The van der Waals surface area contributed by atoms with Gasteiger partial charge in [-0.05, 0) is 23.8 Å². The zero-order chi connectivity index (χ0) is 14.9. The van der Waals surface area contributed by atoms with Gasteiger partial charge in [0, 0.05) is 19.7 Å². The number of halogens is 4. The van der Waals surface area contributed by atoms with Crippen molar-refractivity contribution >= 4 is 0 Å². The average Bonchev–Trinajstić information content (AvgIpc) is 2.73. The third-order valence-electron chi connectivity index (χ3n) is 2.85. The highest BCUT2D eigenvalue weighted by atomic mass is 19.4. The number of aliphatic hydroxyl groups excluding tert-OH is 1. The van der Waals surface area contributed by atoms with Crippen LogP contribution in [0.4, 0.5) is 17.6 Å². The summed E-state index contributed by atoms with van der Waals surface area (Å²) in [6, 6.07) is 3.83. The van der Waals surface area contributed by atoms with Crippen LogP contribution in [0.15, 0.2) is 30.5 Å². The molecule has 1 heterocycles. The number of hydrogen-bond donors (Lipinski definition) is 1. The second-order valence-corrected chi connectivity index (χ2v) is 4.43. The van der Waals surface area contributed by atoms with Crippen LogP contribution >= 0.6 is 0 Å². The summed E-state index contributed by atoms with van der Waals surface area (Å²) < 4.78 is 53.0. The lowest BCUT2D eigenvalue weighted by Gasteiger charge is -2.17. The molecule has 0 aliphatic carbocycles. The Labute approximate surface area is 112 Å². The first-order valence-corrected chi connectivity index (χ1v) is 5.80. The van der Waals surface area contributed by atoms with Crippen molar-refractivity contribution in [3.05, 3.63) is 53.1 Å². The van der Waals surface area contributed by atoms with E-state index in [4.69, 9.17) is 0 Å². The first kappa shape index (κ1) is 14.5. The predicted octanol–water partition coefficient (Wildman–Crippen LogP) is 2.85. The predicted molar refractivity (Wildman–Crippen MR) is 63.3 cm³/mol. The minimum atomic E-state index is -4.72. The molecule has 0 bridgehead atoms. The molecule has 1 unspecified atom stereocenters. The lowest BCUT2D eigenvalue weighted by molar-refractivity contribution is -0.139. The maximum absolute atomic E-state index is 13.0. The quantitative estimate of drug-likeness (QED) is 0.882. The summed E-state index contributed by atoms with van der Waals surface area (Å²) >= 11 is 0. The summed E-state index contributed by atoms with van der Waals surface area (Å²) in [6.07, 6.45) is -4.57. The first-order valence-electron chi connectivity index (χ1n) is 5.80. The molecule has 20 heavy (non-hydrogen) atoms. The summed E-state index contributed by atoms with van der Waals surface area (Å²) in [5.74, 6) is -0.994. The van der Waals surface area contributed by atoms with Gasteiger partial charge < -0.3 is 5.11 Å². The Morgan fingerprint density at radius 3 is 2.55 bits per heavy atom. The molecular formula is C13H12F4N2O. The second kappa shape index (κ2) is 5.24. The number of nitrogens with zero attached hydrogens (tertiary/aromatic N) is 2. The zero-order valence-corrected chi connectivity index (χ0v) is 10.5. The number of alkyl halides is 3. The third-order valence-corrected chi connectivity index (χ3v) is 2.85. The van der Waals surface area contributed by atoms with E-state index in [0.717, 1.165) is 12.1 Å². The number of benzene rings is 1. The van der Waals surface area contributed by atoms with E-state index >= 15 is 0 Å². The molecule has 108 valence electrons. The van der Waals surface area contributed by atoms with Gasteiger partial charge in [0.25, 0.3) is 0 Å². The van der Waals surface area contributed by atoms with Gasteiger partial charge in [-0.3, -0.25) is 4.68 Å². The van der Waals surface area contributed by atoms with Crippen LogP contribution in [0.2, 0.25) is 0 Å². The summed E-state index contributed by atoms with van der Waals surface area (Å²) in [7, 11) is 1.66. The van der Waals surface area contributed by atoms with Crippen LogP contribution in [0.1, 0.15) is 22.9 Å². The van der Waals surface area contributed by atoms with Gasteiger partial charge in [-0.2, -0.15) is 18.3 Å². The van der Waals surface area contributed by atoms with Crippen molar-refractivity contribution in [3.63, 3.8) is 0 Å². The van der Waals surface area contributed by atoms with E-state index in [1.54, 1.807) is 19.3 Å². The van der Waals surface area contributed by atoms with E-state index in [0.29, 0.717) is 11.8 Å². The van der Waals surface area contributed by atoms with Crippen molar-refractivity contribution in [1.82, 2.24) is 9.78 Å². The number of aryl methyl sites for hydroxylation is 1. The van der Waals surface area contributed by atoms with Crippen LogP contribution in [0.5, 0.6) is 0 Å². The Hall–Kier alpha value is -1.89. The van der Waals surface area contributed by atoms with Crippen LogP contribution < -0.4 is 0 Å². The topological polar surface area (TPSA) is 38.0 Å². The molecule has 0 aliphatic rings. The Morgan fingerprint density at radius 1 is 1.30 bits per heavy atom. The van der Waals surface area contributed by atoms with Crippen molar-refractivity contribution in [2.24, 2.45) is 7.05 Å². The lowest BCUT2D eigenvalue weighted by Crippen LogP contribution is -2.14. The van der Waals surface area contributed by atoms with Crippen molar-refractivity contribution in [2.75, 3.05) is 0 Å². The molecule has 0 spiro atoms. The Kier molecular flexibility index (Phi) is 3.80. The molecule has 2 aromatic rings. The van der Waals surface area contributed by atoms with Crippen molar-refractivity contribution in [3.8, 4) is 0 Å². The molecule has 0 saturated carbocycles. The minimum Gasteiger partial charge on any atom is -0.388 e. The van der Waals surface area contributed by atoms with Gasteiger partial charge in [-0.15, -0.1) is 0 Å². The average molecular weight is 288 g/mol. The molecule has 7 heteroatoms. The second-order valence-electron chi connectivity index (χ2n) is 4.43. The molecule has 1 N–H and O–H groups in total. The van der Waals surface area contributed by atoms with Crippen LogP contribution in [-0.4, -0.2) is 14.9 Å². The molecule has 2 rings (SSSR count). The smallest absolute Gasteiger partial charge is 0.388 e. The Morgan fingerprint density at radius 2 is 2.00 bits per heavy atom. The molecule has 1 aromatic carbocycles. The number of rotatable bonds is 3. The lowest BCUT2D eigenvalue weighted by atomic mass is 9.98. The first-order chi connectivity index (χ1) is 9.27. The minimum absolute atomic E-state index is 0.0739. The normalized spacial score (nSPS) is 13.5. The summed E-state index contributed by atoms with van der Waals surface area (Å²) in [6.45, 7) is 0. The van der Waals surface area contributed by atoms with E-state index in [1.165, 1.54) is 4.68 Å². The zero-order valence-electron chi connectivity index (χ0n) is 10.5. The largest absolute Gasteiger partial charge is 0.416 e. The van der Waals surface area contributed by atoms with Crippen LogP contribution in [0.25, 0.3) is 0 Å². The molecule has 1 aromatic heterocycles. The SMILES string of the molecule is Cn1ccc(CC(O)c2ccc(F)cc2C(F)(F)F)n1. The van der Waals surface area contributed by atoms with Gasteiger partial charge in [0.1, 0.15) is 5.82 Å². The standard InChI is InChI=1S/C13H12F4N2O/c1-19-5-4-9(18-19)7-12(20)10-3-2-8(14)6-11(10)13(15,16)17/h2-6,12,20H,7H2,1H3. The molecule has 0 amide bonds. The fourth-order valence-corrected chi connectivity index (χ4v) is 1.94. The van der Waals surface area contributed by atoms with E-state index in [2.05, 4.69) is 5.10 Å². The molecule has 0 saturated heterocycles. The maximum atomic E-state index is 13.0. The van der Waals surface area contributed by atoms with Gasteiger partial charge in [-0.1, -0.05) is 6.07 Å². The van der Waals surface area contributed by atoms with Gasteiger partial charge in [-0.25, -0.2) is 4.39 Å². The number of aromatic nitrogens is 2. The van der Waals surface area contributed by atoms with Crippen molar-refractivity contribution in [2.45, 2.75) is 18.7 Å². The highest BCUT2D eigenvalue weighted by Crippen LogP contribution is 2.35. The number of hydrogen-bond acceptors (Lipinski definition) is 2. The van der Waals surface area contributed by atoms with Crippen molar-refractivity contribution < 1.29 is 22.7 Å². The summed E-state index contributed by atoms with van der Waals surface area (Å²) in [4.78, 5) is 0. The molecule has 0 fully saturated rings. The Balaban J connectivity index is 2.32. The third kappa shape index (κ3) is 3.16. The van der Waals surface area contributed by atoms with E-state index in [1.807, 2.05) is 0 Å². The molecular weight excluding hydrogens is 276 g/mol. The molecule has 0 aliphatic heterocycles. The van der Waals surface area contributed by atoms with Crippen molar-refractivity contribution in [1.29, 1.82) is 0 Å². The molecule has 1 atom stereocenters. The highest BCUT2D eigenvalue weighted by molar-refractivity contribution is 5.32. The van der Waals surface area contributed by atoms with Gasteiger partial charge in [0.05, 0.1) is 17.4 Å². The summed E-state index contributed by atoms with van der Waals surface area (Å²) in [5.41, 5.74) is -1.07. The Bertz CT molecular complexity index is 607. The van der Waals surface area contributed by atoms with E-state index < -0.39 is 23.7 Å². The van der Waals surface area contributed by atoms with E-state index in [-0.39, 0.29) is 12.0 Å². The molecule has 3 nitrogen and oxygen atoms in total. The molecule has 0 radical (unpaired) electrons. The van der Waals surface area contributed by atoms with Crippen LogP contribution in [0.3, 0.4) is 0 Å². The fourth-order valence-electron chi connectivity index (χ4n) is 1.94. The monoisotopic (exact) mass is 288 g/mol. The van der Waals surface area contributed by atoms with Gasteiger partial charge >= 0.3 is 6.18 Å². The van der Waals surface area contributed by atoms with Crippen LogP contribution in [0, 0.1) is 5.82 Å². The van der Waals surface area contributed by atoms with E-state index in [9.17, 15) is 22.7 Å². The van der Waals surface area contributed by atoms with Gasteiger partial charge in [0.15, 0.2) is 0 Å².